The molecule has 0 bridgehead atoms. The third-order valence-electron chi connectivity index (χ3n) is 4.08. The van der Waals surface area contributed by atoms with Gasteiger partial charge in [0, 0.05) is 24.2 Å². The fourth-order valence-electron chi connectivity index (χ4n) is 2.83. The van der Waals surface area contributed by atoms with E-state index in [0.717, 1.165) is 27.8 Å². The average Bonchev–Trinajstić information content (AvgIpc) is 3.05. The minimum Gasteiger partial charge on any atom is -0.320 e. The summed E-state index contributed by atoms with van der Waals surface area (Å²) in [4.78, 5) is 17.0. The van der Waals surface area contributed by atoms with Crippen LogP contribution in [0.25, 0.3) is 22.2 Å². The van der Waals surface area contributed by atoms with Gasteiger partial charge in [-0.2, -0.15) is 5.10 Å². The lowest BCUT2D eigenvalue weighted by molar-refractivity contribution is 0.101. The standard InChI is InChI=1S/C20H16N4O/c1-24-19(13-18(23-24)14-7-3-2-4-8-14)20(25)22-17-11-5-10-16-15(17)9-6-12-21-16/h2-13H,1H3,(H,22,25). The fourth-order valence-corrected chi connectivity index (χ4v) is 2.83. The zero-order valence-corrected chi connectivity index (χ0v) is 13.7. The highest BCUT2D eigenvalue weighted by molar-refractivity contribution is 6.08. The SMILES string of the molecule is Cn1nc(-c2ccccc2)cc1C(=O)Nc1cccc2ncccc12. The van der Waals surface area contributed by atoms with Crippen LogP contribution < -0.4 is 5.32 Å². The zero-order chi connectivity index (χ0) is 17.2. The molecule has 0 fully saturated rings. The molecule has 0 aliphatic rings. The van der Waals surface area contributed by atoms with E-state index in [4.69, 9.17) is 0 Å². The Balaban J connectivity index is 1.66. The molecule has 0 saturated heterocycles. The van der Waals surface area contributed by atoms with E-state index < -0.39 is 0 Å². The van der Waals surface area contributed by atoms with Crippen molar-refractivity contribution < 1.29 is 4.79 Å². The van der Waals surface area contributed by atoms with E-state index >= 15 is 0 Å². The monoisotopic (exact) mass is 328 g/mol. The number of aryl methyl sites for hydroxylation is 1. The molecule has 25 heavy (non-hydrogen) atoms. The number of carbonyl (C=O) groups is 1. The number of nitrogens with zero attached hydrogens (tertiary/aromatic N) is 3. The number of carbonyl (C=O) groups excluding carboxylic acids is 1. The number of anilines is 1. The first-order chi connectivity index (χ1) is 12.2. The Bertz CT molecular complexity index is 1050. The first-order valence-corrected chi connectivity index (χ1v) is 7.97. The smallest absolute Gasteiger partial charge is 0.273 e. The molecule has 2 aromatic heterocycles. The minimum atomic E-state index is -0.200. The summed E-state index contributed by atoms with van der Waals surface area (Å²) in [7, 11) is 1.77. The molecule has 5 heteroatoms. The third-order valence-corrected chi connectivity index (χ3v) is 4.08. The molecule has 122 valence electrons. The van der Waals surface area contributed by atoms with Gasteiger partial charge < -0.3 is 5.32 Å². The number of hydrogen-bond donors (Lipinski definition) is 1. The Labute approximate surface area is 144 Å². The average molecular weight is 328 g/mol. The molecule has 0 spiro atoms. The van der Waals surface area contributed by atoms with E-state index in [2.05, 4.69) is 15.4 Å². The van der Waals surface area contributed by atoms with Crippen molar-refractivity contribution >= 4 is 22.5 Å². The summed E-state index contributed by atoms with van der Waals surface area (Å²) in [5.74, 6) is -0.200. The van der Waals surface area contributed by atoms with Crippen LogP contribution in [-0.2, 0) is 7.05 Å². The lowest BCUT2D eigenvalue weighted by Crippen LogP contribution is -2.16. The summed E-state index contributed by atoms with van der Waals surface area (Å²) in [5, 5.41) is 8.32. The summed E-state index contributed by atoms with van der Waals surface area (Å²) >= 11 is 0. The molecular formula is C20H16N4O. The lowest BCUT2D eigenvalue weighted by Gasteiger charge is -2.08. The van der Waals surface area contributed by atoms with Crippen LogP contribution in [0.1, 0.15) is 10.5 Å². The third kappa shape index (κ3) is 2.87. The summed E-state index contributed by atoms with van der Waals surface area (Å²) in [6.07, 6.45) is 1.74. The van der Waals surface area contributed by atoms with Gasteiger partial charge >= 0.3 is 0 Å². The van der Waals surface area contributed by atoms with Crippen LogP contribution in [-0.4, -0.2) is 20.7 Å². The number of rotatable bonds is 3. The molecule has 0 aliphatic carbocycles. The maximum atomic E-state index is 12.7. The Hall–Kier alpha value is -3.47. The van der Waals surface area contributed by atoms with Gasteiger partial charge in [0.15, 0.2) is 0 Å². The van der Waals surface area contributed by atoms with E-state index in [1.165, 1.54) is 0 Å². The maximum absolute atomic E-state index is 12.7. The summed E-state index contributed by atoms with van der Waals surface area (Å²) in [6.45, 7) is 0. The van der Waals surface area contributed by atoms with Crippen LogP contribution in [0.5, 0.6) is 0 Å². The molecule has 4 rings (SSSR count). The van der Waals surface area contributed by atoms with Crippen molar-refractivity contribution in [3.8, 4) is 11.3 Å². The lowest BCUT2D eigenvalue weighted by atomic mass is 10.1. The molecule has 0 unspecified atom stereocenters. The summed E-state index contributed by atoms with van der Waals surface area (Å²) in [6, 6.07) is 21.1. The Kier molecular flexibility index (Phi) is 3.74. The van der Waals surface area contributed by atoms with Gasteiger partial charge in [-0.15, -0.1) is 0 Å². The second kappa shape index (κ2) is 6.20. The fraction of sp³-hybridized carbons (Fsp3) is 0.0500. The summed E-state index contributed by atoms with van der Waals surface area (Å²) < 4.78 is 1.60. The van der Waals surface area contributed by atoms with Crippen LogP contribution in [0, 0.1) is 0 Å². The highest BCUT2D eigenvalue weighted by Gasteiger charge is 2.15. The first kappa shape index (κ1) is 15.1. The van der Waals surface area contributed by atoms with Crippen molar-refractivity contribution in [1.29, 1.82) is 0 Å². The van der Waals surface area contributed by atoms with E-state index in [9.17, 15) is 4.79 Å². The number of fused-ring (bicyclic) bond motifs is 1. The molecule has 2 aromatic carbocycles. The van der Waals surface area contributed by atoms with Gasteiger partial charge in [0.1, 0.15) is 5.69 Å². The van der Waals surface area contributed by atoms with Crippen molar-refractivity contribution in [3.63, 3.8) is 0 Å². The van der Waals surface area contributed by atoms with Gasteiger partial charge in [-0.3, -0.25) is 14.5 Å². The van der Waals surface area contributed by atoms with Crippen molar-refractivity contribution in [2.75, 3.05) is 5.32 Å². The molecule has 0 saturated carbocycles. The molecular weight excluding hydrogens is 312 g/mol. The predicted octanol–water partition coefficient (Wildman–Crippen LogP) is 3.89. The number of amides is 1. The number of aromatic nitrogens is 3. The van der Waals surface area contributed by atoms with Gasteiger partial charge in [0.25, 0.3) is 5.91 Å². The molecule has 0 radical (unpaired) electrons. The second-order valence-corrected chi connectivity index (χ2v) is 5.73. The first-order valence-electron chi connectivity index (χ1n) is 7.97. The minimum absolute atomic E-state index is 0.200. The van der Waals surface area contributed by atoms with Crippen molar-refractivity contribution in [3.05, 3.63) is 78.6 Å². The summed E-state index contributed by atoms with van der Waals surface area (Å²) in [5.41, 5.74) is 3.83. The molecule has 1 amide bonds. The van der Waals surface area contributed by atoms with Crippen molar-refractivity contribution in [1.82, 2.24) is 14.8 Å². The molecule has 1 N–H and O–H groups in total. The van der Waals surface area contributed by atoms with E-state index in [1.54, 1.807) is 24.0 Å². The number of benzene rings is 2. The number of pyridine rings is 1. The Morgan fingerprint density at radius 3 is 2.68 bits per heavy atom. The Morgan fingerprint density at radius 2 is 1.84 bits per heavy atom. The van der Waals surface area contributed by atoms with Gasteiger partial charge in [-0.05, 0) is 30.3 Å². The molecule has 0 atom stereocenters. The van der Waals surface area contributed by atoms with Crippen LogP contribution in [0.2, 0.25) is 0 Å². The Morgan fingerprint density at radius 1 is 1.00 bits per heavy atom. The van der Waals surface area contributed by atoms with Crippen LogP contribution in [0.4, 0.5) is 5.69 Å². The number of nitrogens with one attached hydrogen (secondary N) is 1. The maximum Gasteiger partial charge on any atom is 0.273 e. The topological polar surface area (TPSA) is 59.8 Å². The molecule has 0 aliphatic heterocycles. The van der Waals surface area contributed by atoms with E-state index in [1.807, 2.05) is 60.7 Å². The van der Waals surface area contributed by atoms with Gasteiger partial charge in [-0.1, -0.05) is 36.4 Å². The predicted molar refractivity (Wildman–Crippen MR) is 98.3 cm³/mol. The second-order valence-electron chi connectivity index (χ2n) is 5.73. The van der Waals surface area contributed by atoms with Gasteiger partial charge in [0.05, 0.1) is 16.9 Å². The van der Waals surface area contributed by atoms with Crippen molar-refractivity contribution in [2.45, 2.75) is 0 Å². The molecule has 2 heterocycles. The highest BCUT2D eigenvalue weighted by Crippen LogP contribution is 2.23. The van der Waals surface area contributed by atoms with E-state index in [0.29, 0.717) is 5.69 Å². The molecule has 4 aromatic rings. The number of hydrogen-bond acceptors (Lipinski definition) is 3. The van der Waals surface area contributed by atoms with Crippen LogP contribution in [0.3, 0.4) is 0 Å². The van der Waals surface area contributed by atoms with Gasteiger partial charge in [0.2, 0.25) is 0 Å². The normalized spacial score (nSPS) is 10.8. The quantitative estimate of drug-likeness (QED) is 0.621. The zero-order valence-electron chi connectivity index (χ0n) is 13.7. The van der Waals surface area contributed by atoms with Crippen LogP contribution in [0.15, 0.2) is 72.9 Å². The largest absolute Gasteiger partial charge is 0.320 e. The van der Waals surface area contributed by atoms with Crippen LogP contribution >= 0.6 is 0 Å². The highest BCUT2D eigenvalue weighted by atomic mass is 16.2. The molecule has 5 nitrogen and oxygen atoms in total. The van der Waals surface area contributed by atoms with Crippen molar-refractivity contribution in [2.24, 2.45) is 7.05 Å². The van der Waals surface area contributed by atoms with Gasteiger partial charge in [-0.25, -0.2) is 0 Å². The van der Waals surface area contributed by atoms with E-state index in [-0.39, 0.29) is 5.91 Å².